The van der Waals surface area contributed by atoms with E-state index in [1.54, 1.807) is 0 Å². The summed E-state index contributed by atoms with van der Waals surface area (Å²) in [5.74, 6) is 0.293. The van der Waals surface area contributed by atoms with Crippen molar-refractivity contribution in [2.45, 2.75) is 26.2 Å². The number of nitrogens with zero attached hydrogens (tertiary/aromatic N) is 2. The van der Waals surface area contributed by atoms with Crippen molar-refractivity contribution >= 4 is 40.3 Å². The Bertz CT molecular complexity index is 533. The van der Waals surface area contributed by atoms with Crippen molar-refractivity contribution in [2.24, 2.45) is 0 Å². The molecule has 0 aliphatic rings. The summed E-state index contributed by atoms with van der Waals surface area (Å²) in [5, 5.41) is 4.01. The molecule has 90 valence electrons. The number of ketones is 1. The summed E-state index contributed by atoms with van der Waals surface area (Å²) in [6.07, 6.45) is 0.376. The van der Waals surface area contributed by atoms with Gasteiger partial charge in [0.1, 0.15) is 4.88 Å². The van der Waals surface area contributed by atoms with E-state index in [-0.39, 0.29) is 11.7 Å². The molecule has 0 radical (unpaired) electrons. The molecular formula is C11H11ClN2OS2. The summed E-state index contributed by atoms with van der Waals surface area (Å²) in [6, 6.07) is 3.69. The maximum atomic E-state index is 12.1. The minimum Gasteiger partial charge on any atom is -0.293 e. The van der Waals surface area contributed by atoms with Crippen molar-refractivity contribution in [1.29, 1.82) is 0 Å². The minimum absolute atomic E-state index is 0.0715. The lowest BCUT2D eigenvalue weighted by atomic mass is 10.1. The number of rotatable bonds is 4. The van der Waals surface area contributed by atoms with Gasteiger partial charge in [0, 0.05) is 11.3 Å². The Labute approximate surface area is 113 Å². The van der Waals surface area contributed by atoms with Crippen LogP contribution in [0.5, 0.6) is 0 Å². The molecule has 2 aromatic heterocycles. The van der Waals surface area contributed by atoms with E-state index in [0.29, 0.717) is 15.6 Å². The minimum atomic E-state index is 0.0715. The predicted octanol–water partition coefficient (Wildman–Crippen LogP) is 3.80. The van der Waals surface area contributed by atoms with Crippen LogP contribution >= 0.6 is 34.5 Å². The van der Waals surface area contributed by atoms with E-state index < -0.39 is 0 Å². The van der Waals surface area contributed by atoms with E-state index in [1.807, 2.05) is 26.0 Å². The van der Waals surface area contributed by atoms with Gasteiger partial charge in [0.25, 0.3) is 0 Å². The van der Waals surface area contributed by atoms with E-state index >= 15 is 0 Å². The summed E-state index contributed by atoms with van der Waals surface area (Å²) in [4.78, 5) is 13.7. The lowest BCUT2D eigenvalue weighted by Gasteiger charge is -2.02. The fourth-order valence-electron chi connectivity index (χ4n) is 1.45. The van der Waals surface area contributed by atoms with Crippen molar-refractivity contribution < 1.29 is 4.79 Å². The Kier molecular flexibility index (Phi) is 3.91. The molecule has 0 saturated heterocycles. The molecule has 0 N–H and O–H groups in total. The van der Waals surface area contributed by atoms with Crippen molar-refractivity contribution in [3.05, 3.63) is 31.9 Å². The SMILES string of the molecule is CC(C)c1nnsc1C(=O)Cc1ccc(Cl)s1. The van der Waals surface area contributed by atoms with Crippen LogP contribution in [0.2, 0.25) is 4.34 Å². The summed E-state index contributed by atoms with van der Waals surface area (Å²) in [7, 11) is 0. The molecule has 2 rings (SSSR count). The second-order valence-corrected chi connectivity index (χ2v) is 6.50. The lowest BCUT2D eigenvalue weighted by Crippen LogP contribution is -2.04. The second kappa shape index (κ2) is 5.25. The van der Waals surface area contributed by atoms with Crippen LogP contribution in [0.3, 0.4) is 0 Å². The fraction of sp³-hybridized carbons (Fsp3) is 0.364. The lowest BCUT2D eigenvalue weighted by molar-refractivity contribution is 0.0996. The zero-order chi connectivity index (χ0) is 12.4. The van der Waals surface area contributed by atoms with Gasteiger partial charge < -0.3 is 0 Å². The van der Waals surface area contributed by atoms with Crippen LogP contribution in [0.15, 0.2) is 12.1 Å². The Hall–Kier alpha value is -0.780. The van der Waals surface area contributed by atoms with Crippen LogP contribution in [-0.2, 0) is 6.42 Å². The van der Waals surface area contributed by atoms with Crippen molar-refractivity contribution in [3.8, 4) is 0 Å². The molecule has 0 atom stereocenters. The number of halogens is 1. The van der Waals surface area contributed by atoms with E-state index in [9.17, 15) is 4.79 Å². The summed E-state index contributed by atoms with van der Waals surface area (Å²) >= 11 is 8.44. The molecule has 2 heterocycles. The van der Waals surface area contributed by atoms with Gasteiger partial charge in [-0.3, -0.25) is 4.79 Å². The highest BCUT2D eigenvalue weighted by Gasteiger charge is 2.19. The average Bonchev–Trinajstić information content (AvgIpc) is 2.86. The fourth-order valence-corrected chi connectivity index (χ4v) is 3.29. The predicted molar refractivity (Wildman–Crippen MR) is 71.4 cm³/mol. The van der Waals surface area contributed by atoms with Gasteiger partial charge >= 0.3 is 0 Å². The van der Waals surface area contributed by atoms with Crippen LogP contribution in [0.25, 0.3) is 0 Å². The van der Waals surface area contributed by atoms with Crippen LogP contribution in [0.1, 0.15) is 40.0 Å². The third-order valence-electron chi connectivity index (χ3n) is 2.28. The van der Waals surface area contributed by atoms with Gasteiger partial charge in [0.2, 0.25) is 0 Å². The summed E-state index contributed by atoms with van der Waals surface area (Å²) in [6.45, 7) is 4.02. The molecule has 0 spiro atoms. The highest BCUT2D eigenvalue weighted by molar-refractivity contribution is 7.16. The zero-order valence-electron chi connectivity index (χ0n) is 9.44. The van der Waals surface area contributed by atoms with Crippen LogP contribution in [-0.4, -0.2) is 15.4 Å². The van der Waals surface area contributed by atoms with Crippen molar-refractivity contribution in [2.75, 3.05) is 0 Å². The summed E-state index contributed by atoms with van der Waals surface area (Å²) < 4.78 is 4.57. The smallest absolute Gasteiger partial charge is 0.181 e. The van der Waals surface area contributed by atoms with Crippen LogP contribution in [0, 0.1) is 0 Å². The zero-order valence-corrected chi connectivity index (χ0v) is 11.8. The van der Waals surface area contributed by atoms with Gasteiger partial charge in [-0.05, 0) is 29.6 Å². The first-order valence-electron chi connectivity index (χ1n) is 5.17. The van der Waals surface area contributed by atoms with Crippen LogP contribution < -0.4 is 0 Å². The summed E-state index contributed by atoms with van der Waals surface area (Å²) in [5.41, 5.74) is 0.794. The molecule has 17 heavy (non-hydrogen) atoms. The molecule has 0 amide bonds. The number of carbonyl (C=O) groups is 1. The highest BCUT2D eigenvalue weighted by atomic mass is 35.5. The third-order valence-corrected chi connectivity index (χ3v) is 4.29. The largest absolute Gasteiger partial charge is 0.293 e. The topological polar surface area (TPSA) is 42.9 Å². The van der Waals surface area contributed by atoms with E-state index in [0.717, 1.165) is 10.6 Å². The van der Waals surface area contributed by atoms with Gasteiger partial charge in [-0.1, -0.05) is 29.9 Å². The maximum Gasteiger partial charge on any atom is 0.181 e. The maximum absolute atomic E-state index is 12.1. The molecule has 0 aliphatic carbocycles. The van der Waals surface area contributed by atoms with Gasteiger partial charge in [0.15, 0.2) is 5.78 Å². The number of carbonyl (C=O) groups excluding carboxylic acids is 1. The first-order valence-corrected chi connectivity index (χ1v) is 7.14. The average molecular weight is 287 g/mol. The Morgan fingerprint density at radius 1 is 1.47 bits per heavy atom. The number of hydrogen-bond acceptors (Lipinski definition) is 5. The van der Waals surface area contributed by atoms with Gasteiger partial charge in [-0.2, -0.15) is 0 Å². The second-order valence-electron chi connectivity index (χ2n) is 3.95. The van der Waals surface area contributed by atoms with E-state index in [1.165, 1.54) is 22.9 Å². The van der Waals surface area contributed by atoms with Gasteiger partial charge in [0.05, 0.1) is 10.0 Å². The molecule has 0 fully saturated rings. The molecule has 0 bridgehead atoms. The number of hydrogen-bond donors (Lipinski definition) is 0. The molecular weight excluding hydrogens is 276 g/mol. The molecule has 0 aromatic carbocycles. The van der Waals surface area contributed by atoms with E-state index in [4.69, 9.17) is 11.6 Å². The number of thiophene rings is 1. The molecule has 0 unspecified atom stereocenters. The molecule has 6 heteroatoms. The monoisotopic (exact) mass is 286 g/mol. The van der Waals surface area contributed by atoms with Gasteiger partial charge in [-0.15, -0.1) is 16.4 Å². The third kappa shape index (κ3) is 2.91. The highest BCUT2D eigenvalue weighted by Crippen LogP contribution is 2.25. The van der Waals surface area contributed by atoms with E-state index in [2.05, 4.69) is 9.59 Å². The first kappa shape index (κ1) is 12.7. The molecule has 0 saturated carbocycles. The molecule has 2 aromatic rings. The Balaban J connectivity index is 2.17. The quantitative estimate of drug-likeness (QED) is 0.803. The molecule has 0 aliphatic heterocycles. The van der Waals surface area contributed by atoms with Crippen molar-refractivity contribution in [3.63, 3.8) is 0 Å². The van der Waals surface area contributed by atoms with Gasteiger partial charge in [-0.25, -0.2) is 0 Å². The first-order chi connectivity index (χ1) is 8.08. The normalized spacial score (nSPS) is 11.1. The molecule has 3 nitrogen and oxygen atoms in total. The number of Topliss-reactive ketones (excluding diaryl/α,β-unsaturated/α-hetero) is 1. The standard InChI is InChI=1S/C11H11ClN2OS2/c1-6(2)10-11(17-14-13-10)8(15)5-7-3-4-9(12)16-7/h3-4,6H,5H2,1-2H3. The Morgan fingerprint density at radius 3 is 2.82 bits per heavy atom. The van der Waals surface area contributed by atoms with Crippen LogP contribution in [0.4, 0.5) is 0 Å². The number of aromatic nitrogens is 2. The van der Waals surface area contributed by atoms with Crippen molar-refractivity contribution in [1.82, 2.24) is 9.59 Å². The Morgan fingerprint density at radius 2 is 2.24 bits per heavy atom.